The maximum Gasteiger partial charge on any atom is 0.244 e. The smallest absolute Gasteiger partial charge is 0.244 e. The number of aliphatic imine (C=N–C) groups is 1. The van der Waals surface area contributed by atoms with Gasteiger partial charge in [-0.05, 0) is 34.8 Å². The topological polar surface area (TPSA) is 29.4 Å². The molecule has 1 aliphatic heterocycles. The van der Waals surface area contributed by atoms with Gasteiger partial charge in [0, 0.05) is 10.6 Å². The van der Waals surface area contributed by atoms with Crippen molar-refractivity contribution in [2.75, 3.05) is 0 Å². The van der Waals surface area contributed by atoms with Gasteiger partial charge in [0.25, 0.3) is 0 Å². The summed E-state index contributed by atoms with van der Waals surface area (Å²) in [6.45, 7) is 0. The van der Waals surface area contributed by atoms with Gasteiger partial charge in [-0.15, -0.1) is 11.3 Å². The highest BCUT2D eigenvalue weighted by Crippen LogP contribution is 2.32. The van der Waals surface area contributed by atoms with Crippen molar-refractivity contribution in [3.63, 3.8) is 0 Å². The average molecular weight is 317 g/mol. The SMILES string of the molecule is O=C1SC(SCc2ccccc2)=N/C1=C/c1cccs1. The van der Waals surface area contributed by atoms with Gasteiger partial charge in [-0.2, -0.15) is 0 Å². The first-order chi connectivity index (χ1) is 9.81. The molecular weight excluding hydrogens is 306 g/mol. The lowest BCUT2D eigenvalue weighted by atomic mass is 10.2. The predicted octanol–water partition coefficient (Wildman–Crippen LogP) is 4.65. The Morgan fingerprint density at radius 1 is 1.15 bits per heavy atom. The van der Waals surface area contributed by atoms with Crippen LogP contribution in [0.3, 0.4) is 0 Å². The van der Waals surface area contributed by atoms with E-state index < -0.39 is 0 Å². The number of thiophene rings is 1. The highest BCUT2D eigenvalue weighted by molar-refractivity contribution is 8.45. The number of carbonyl (C=O) groups is 1. The molecule has 0 amide bonds. The molecule has 1 aromatic carbocycles. The molecular formula is C15H11NOS3. The van der Waals surface area contributed by atoms with Crippen LogP contribution >= 0.6 is 34.9 Å². The standard InChI is InChI=1S/C15H11NOS3/c17-14-13(9-12-7-4-8-18-12)16-15(20-14)19-10-11-5-2-1-3-6-11/h1-9H,10H2/b13-9+. The van der Waals surface area contributed by atoms with Crippen molar-refractivity contribution in [1.29, 1.82) is 0 Å². The van der Waals surface area contributed by atoms with Crippen LogP contribution in [0.1, 0.15) is 10.4 Å². The van der Waals surface area contributed by atoms with E-state index >= 15 is 0 Å². The summed E-state index contributed by atoms with van der Waals surface area (Å²) < 4.78 is 0.835. The molecule has 1 aromatic heterocycles. The third-order valence-electron chi connectivity index (χ3n) is 2.63. The van der Waals surface area contributed by atoms with E-state index in [1.807, 2.05) is 41.8 Å². The Morgan fingerprint density at radius 2 is 2.00 bits per heavy atom. The molecule has 0 N–H and O–H groups in total. The minimum atomic E-state index is 0.0361. The fraction of sp³-hybridized carbons (Fsp3) is 0.0667. The minimum absolute atomic E-state index is 0.0361. The molecule has 2 heterocycles. The summed E-state index contributed by atoms with van der Waals surface area (Å²) in [5.74, 6) is 0.840. The molecule has 3 rings (SSSR count). The third kappa shape index (κ3) is 3.42. The lowest BCUT2D eigenvalue weighted by molar-refractivity contribution is -0.107. The van der Waals surface area contributed by atoms with Gasteiger partial charge in [-0.25, -0.2) is 4.99 Å². The van der Waals surface area contributed by atoms with Gasteiger partial charge in [-0.1, -0.05) is 48.2 Å². The van der Waals surface area contributed by atoms with Crippen molar-refractivity contribution in [3.05, 3.63) is 64.0 Å². The van der Waals surface area contributed by atoms with Crippen LogP contribution in [-0.4, -0.2) is 9.49 Å². The summed E-state index contributed by atoms with van der Waals surface area (Å²) in [6.07, 6.45) is 1.86. The van der Waals surface area contributed by atoms with Crippen LogP contribution in [0, 0.1) is 0 Å². The Balaban J connectivity index is 1.68. The van der Waals surface area contributed by atoms with Crippen LogP contribution in [0.2, 0.25) is 0 Å². The van der Waals surface area contributed by atoms with E-state index in [2.05, 4.69) is 17.1 Å². The Labute approximate surface area is 130 Å². The number of nitrogens with zero attached hydrogens (tertiary/aromatic N) is 1. The van der Waals surface area contributed by atoms with Crippen LogP contribution in [-0.2, 0) is 10.5 Å². The fourth-order valence-corrected chi connectivity index (χ4v) is 4.13. The lowest BCUT2D eigenvalue weighted by Gasteiger charge is -1.98. The first-order valence-electron chi connectivity index (χ1n) is 6.04. The molecule has 5 heteroatoms. The van der Waals surface area contributed by atoms with Crippen molar-refractivity contribution >= 4 is 50.4 Å². The van der Waals surface area contributed by atoms with Gasteiger partial charge >= 0.3 is 0 Å². The Morgan fingerprint density at radius 3 is 2.75 bits per heavy atom. The average Bonchev–Trinajstić information content (AvgIpc) is 3.09. The molecule has 100 valence electrons. The molecule has 1 aliphatic rings. The molecule has 0 atom stereocenters. The number of carbonyl (C=O) groups excluding carboxylic acids is 1. The van der Waals surface area contributed by atoms with Gasteiger partial charge in [0.15, 0.2) is 0 Å². The lowest BCUT2D eigenvalue weighted by Crippen LogP contribution is -1.87. The maximum atomic E-state index is 11.9. The largest absolute Gasteiger partial charge is 0.279 e. The Kier molecular flexibility index (Phi) is 4.40. The van der Waals surface area contributed by atoms with Crippen LogP contribution in [0.15, 0.2) is 58.5 Å². The molecule has 0 fully saturated rings. The van der Waals surface area contributed by atoms with E-state index in [0.29, 0.717) is 5.70 Å². The number of rotatable bonds is 3. The maximum absolute atomic E-state index is 11.9. The van der Waals surface area contributed by atoms with E-state index in [-0.39, 0.29) is 5.12 Å². The molecule has 0 saturated carbocycles. The molecule has 0 saturated heterocycles. The van der Waals surface area contributed by atoms with E-state index in [0.717, 1.165) is 15.0 Å². The third-order valence-corrected chi connectivity index (χ3v) is 5.53. The summed E-state index contributed by atoms with van der Waals surface area (Å²) in [6, 6.07) is 14.2. The molecule has 0 aliphatic carbocycles. The number of benzene rings is 1. The molecule has 0 unspecified atom stereocenters. The van der Waals surface area contributed by atoms with E-state index in [9.17, 15) is 4.79 Å². The fourth-order valence-electron chi connectivity index (χ4n) is 1.68. The minimum Gasteiger partial charge on any atom is -0.279 e. The van der Waals surface area contributed by atoms with Crippen LogP contribution in [0.25, 0.3) is 6.08 Å². The summed E-state index contributed by atoms with van der Waals surface area (Å²) in [7, 11) is 0. The number of hydrogen-bond acceptors (Lipinski definition) is 5. The van der Waals surface area contributed by atoms with Crippen molar-refractivity contribution in [1.82, 2.24) is 0 Å². The van der Waals surface area contributed by atoms with Crippen LogP contribution in [0.5, 0.6) is 0 Å². The van der Waals surface area contributed by atoms with Crippen molar-refractivity contribution < 1.29 is 4.79 Å². The molecule has 2 nitrogen and oxygen atoms in total. The first-order valence-corrected chi connectivity index (χ1v) is 8.72. The summed E-state index contributed by atoms with van der Waals surface area (Å²) in [5.41, 5.74) is 1.79. The van der Waals surface area contributed by atoms with E-state index in [1.165, 1.54) is 17.3 Å². The Hall–Kier alpha value is -1.30. The zero-order chi connectivity index (χ0) is 13.8. The van der Waals surface area contributed by atoms with E-state index in [1.54, 1.807) is 23.1 Å². The van der Waals surface area contributed by atoms with E-state index in [4.69, 9.17) is 0 Å². The highest BCUT2D eigenvalue weighted by atomic mass is 32.2. The highest BCUT2D eigenvalue weighted by Gasteiger charge is 2.22. The monoisotopic (exact) mass is 317 g/mol. The molecule has 0 bridgehead atoms. The summed E-state index contributed by atoms with van der Waals surface area (Å²) >= 11 is 4.45. The zero-order valence-electron chi connectivity index (χ0n) is 10.5. The van der Waals surface area contributed by atoms with Crippen molar-refractivity contribution in [2.45, 2.75) is 5.75 Å². The summed E-state index contributed by atoms with van der Waals surface area (Å²) in [4.78, 5) is 17.4. The van der Waals surface area contributed by atoms with Gasteiger partial charge in [0.1, 0.15) is 10.1 Å². The second kappa shape index (κ2) is 6.43. The van der Waals surface area contributed by atoms with Gasteiger partial charge in [0.2, 0.25) is 5.12 Å². The normalized spacial score (nSPS) is 16.7. The van der Waals surface area contributed by atoms with Gasteiger partial charge in [-0.3, -0.25) is 4.79 Å². The van der Waals surface area contributed by atoms with Crippen LogP contribution < -0.4 is 0 Å². The Bertz CT molecular complexity index is 660. The van der Waals surface area contributed by atoms with Gasteiger partial charge in [0.05, 0.1) is 0 Å². The molecule has 2 aromatic rings. The number of hydrogen-bond donors (Lipinski definition) is 0. The molecule has 0 radical (unpaired) electrons. The summed E-state index contributed by atoms with van der Waals surface area (Å²) in [5, 5.41) is 2.03. The second-order valence-electron chi connectivity index (χ2n) is 4.09. The van der Waals surface area contributed by atoms with Crippen molar-refractivity contribution in [2.24, 2.45) is 4.99 Å². The number of thioether (sulfide) groups is 2. The van der Waals surface area contributed by atoms with Gasteiger partial charge < -0.3 is 0 Å². The molecule has 0 spiro atoms. The first kappa shape index (κ1) is 13.7. The predicted molar refractivity (Wildman–Crippen MR) is 90.1 cm³/mol. The quantitative estimate of drug-likeness (QED) is 0.772. The second-order valence-corrected chi connectivity index (χ2v) is 7.25. The van der Waals surface area contributed by atoms with Crippen LogP contribution in [0.4, 0.5) is 0 Å². The molecule has 20 heavy (non-hydrogen) atoms. The zero-order valence-corrected chi connectivity index (χ0v) is 12.9. The van der Waals surface area contributed by atoms with Crippen molar-refractivity contribution in [3.8, 4) is 0 Å².